The lowest BCUT2D eigenvalue weighted by Gasteiger charge is -2.14. The predicted molar refractivity (Wildman–Crippen MR) is 75.3 cm³/mol. The van der Waals surface area contributed by atoms with E-state index in [9.17, 15) is 8.42 Å². The summed E-state index contributed by atoms with van der Waals surface area (Å²) < 4.78 is 29.3. The monoisotopic (exact) mass is 292 g/mol. The van der Waals surface area contributed by atoms with E-state index in [1.54, 1.807) is 0 Å². The molecule has 0 saturated carbocycles. The zero-order valence-electron chi connectivity index (χ0n) is 11.1. The third-order valence-corrected chi connectivity index (χ3v) is 5.56. The minimum atomic E-state index is -3.56. The molecule has 0 bridgehead atoms. The van der Waals surface area contributed by atoms with E-state index in [0.717, 1.165) is 22.3 Å². The van der Waals surface area contributed by atoms with Crippen LogP contribution in [0.4, 0.5) is 10.8 Å². The van der Waals surface area contributed by atoms with Crippen LogP contribution in [-0.4, -0.2) is 37.7 Å². The van der Waals surface area contributed by atoms with Crippen molar-refractivity contribution in [2.45, 2.75) is 25.2 Å². The van der Waals surface area contributed by atoms with E-state index < -0.39 is 10.0 Å². The van der Waals surface area contributed by atoms with Crippen molar-refractivity contribution in [1.29, 1.82) is 0 Å². The van der Waals surface area contributed by atoms with Crippen LogP contribution in [0.3, 0.4) is 0 Å². The van der Waals surface area contributed by atoms with Crippen molar-refractivity contribution in [1.82, 2.24) is 8.68 Å². The number of hydrogen-bond donors (Lipinski definition) is 2. The molecule has 0 amide bonds. The minimum Gasteiger partial charge on any atom is -0.382 e. The van der Waals surface area contributed by atoms with Crippen molar-refractivity contribution in [2.75, 3.05) is 31.7 Å². The molecule has 0 aromatic carbocycles. The summed E-state index contributed by atoms with van der Waals surface area (Å²) in [6.07, 6.45) is 1.02. The smallest absolute Gasteiger partial charge is 0.249 e. The van der Waals surface area contributed by atoms with Crippen molar-refractivity contribution < 1.29 is 8.42 Å². The van der Waals surface area contributed by atoms with Gasteiger partial charge in [0.1, 0.15) is 5.00 Å². The van der Waals surface area contributed by atoms with Crippen LogP contribution in [0.15, 0.2) is 4.90 Å². The summed E-state index contributed by atoms with van der Waals surface area (Å²) in [7, 11) is -0.602. The molecule has 18 heavy (non-hydrogen) atoms. The highest BCUT2D eigenvalue weighted by Gasteiger charge is 2.27. The van der Waals surface area contributed by atoms with E-state index in [-0.39, 0.29) is 10.7 Å². The van der Waals surface area contributed by atoms with Crippen molar-refractivity contribution >= 4 is 32.4 Å². The first kappa shape index (κ1) is 15.2. The fraction of sp³-hybridized carbons (Fsp3) is 0.700. The van der Waals surface area contributed by atoms with Gasteiger partial charge in [-0.3, -0.25) is 0 Å². The Morgan fingerprint density at radius 1 is 1.50 bits per heavy atom. The molecule has 1 unspecified atom stereocenters. The molecule has 0 fully saturated rings. The van der Waals surface area contributed by atoms with Crippen LogP contribution in [0.2, 0.25) is 0 Å². The normalized spacial score (nSPS) is 13.8. The Hall–Kier alpha value is -0.860. The minimum absolute atomic E-state index is 0.0559. The number of nitrogens with two attached hydrogens (primary N) is 1. The maximum Gasteiger partial charge on any atom is 0.249 e. The van der Waals surface area contributed by atoms with Crippen molar-refractivity contribution in [2.24, 2.45) is 5.92 Å². The third-order valence-electron chi connectivity index (χ3n) is 2.72. The van der Waals surface area contributed by atoms with Crippen LogP contribution in [0.5, 0.6) is 0 Å². The van der Waals surface area contributed by atoms with E-state index >= 15 is 0 Å². The van der Waals surface area contributed by atoms with Crippen LogP contribution < -0.4 is 11.1 Å². The molecule has 1 atom stereocenters. The van der Waals surface area contributed by atoms with Gasteiger partial charge in [-0.2, -0.15) is 4.37 Å². The first-order chi connectivity index (χ1) is 8.30. The molecule has 0 spiro atoms. The number of rotatable bonds is 6. The number of nitrogens with one attached hydrogen (secondary N) is 1. The summed E-state index contributed by atoms with van der Waals surface area (Å²) in [6.45, 7) is 4.89. The van der Waals surface area contributed by atoms with Crippen LogP contribution >= 0.6 is 11.5 Å². The predicted octanol–water partition coefficient (Wildman–Crippen LogP) is 1.43. The molecule has 1 aromatic heterocycles. The Balaban J connectivity index is 3.03. The Kier molecular flexibility index (Phi) is 4.94. The highest BCUT2D eigenvalue weighted by Crippen LogP contribution is 2.33. The van der Waals surface area contributed by atoms with Gasteiger partial charge in [0.25, 0.3) is 0 Å². The Morgan fingerprint density at radius 2 is 2.11 bits per heavy atom. The van der Waals surface area contributed by atoms with Crippen molar-refractivity contribution in [3.05, 3.63) is 0 Å². The summed E-state index contributed by atoms with van der Waals surface area (Å²) >= 11 is 1.08. The van der Waals surface area contributed by atoms with Gasteiger partial charge in [0.15, 0.2) is 10.7 Å². The first-order valence-electron chi connectivity index (χ1n) is 5.72. The zero-order valence-corrected chi connectivity index (χ0v) is 12.7. The molecular weight excluding hydrogens is 272 g/mol. The molecule has 1 heterocycles. The highest BCUT2D eigenvalue weighted by atomic mass is 32.2. The SMILES string of the molecule is CCC(C)CNc1snc(N)c1S(=O)(=O)N(C)C. The van der Waals surface area contributed by atoms with Gasteiger partial charge < -0.3 is 11.1 Å². The van der Waals surface area contributed by atoms with Crippen molar-refractivity contribution in [3.63, 3.8) is 0 Å². The number of anilines is 2. The Bertz CT molecular complexity index is 496. The molecule has 104 valence electrons. The lowest BCUT2D eigenvalue weighted by Crippen LogP contribution is -2.24. The van der Waals surface area contributed by atoms with Gasteiger partial charge in [0.2, 0.25) is 10.0 Å². The molecule has 0 saturated heterocycles. The van der Waals surface area contributed by atoms with Crippen LogP contribution in [0, 0.1) is 5.92 Å². The fourth-order valence-electron chi connectivity index (χ4n) is 1.25. The fourth-order valence-corrected chi connectivity index (χ4v) is 3.33. The number of hydrogen-bond acceptors (Lipinski definition) is 6. The maximum atomic E-state index is 12.1. The summed E-state index contributed by atoms with van der Waals surface area (Å²) in [5.74, 6) is 0.517. The Labute approximate surface area is 112 Å². The first-order valence-corrected chi connectivity index (χ1v) is 7.93. The summed E-state index contributed by atoms with van der Waals surface area (Å²) in [4.78, 5) is 0.0841. The molecule has 0 aliphatic rings. The lowest BCUT2D eigenvalue weighted by molar-refractivity contribution is 0.521. The summed E-state index contributed by atoms with van der Waals surface area (Å²) in [5, 5.41) is 3.63. The summed E-state index contributed by atoms with van der Waals surface area (Å²) in [5.41, 5.74) is 5.66. The molecule has 0 aliphatic carbocycles. The number of aromatic nitrogens is 1. The van der Waals surface area contributed by atoms with Crippen LogP contribution in [0.25, 0.3) is 0 Å². The highest BCUT2D eigenvalue weighted by molar-refractivity contribution is 7.89. The number of sulfonamides is 1. The van der Waals surface area contributed by atoms with Crippen LogP contribution in [-0.2, 0) is 10.0 Å². The average Bonchev–Trinajstić information content (AvgIpc) is 2.67. The lowest BCUT2D eigenvalue weighted by atomic mass is 10.1. The zero-order chi connectivity index (χ0) is 13.9. The van der Waals surface area contributed by atoms with E-state index in [4.69, 9.17) is 5.73 Å². The molecule has 6 nitrogen and oxygen atoms in total. The van der Waals surface area contributed by atoms with Gasteiger partial charge in [-0.15, -0.1) is 0 Å². The second-order valence-electron chi connectivity index (χ2n) is 4.41. The average molecular weight is 292 g/mol. The van der Waals surface area contributed by atoms with Gasteiger partial charge in [0, 0.05) is 20.6 Å². The standard InChI is InChI=1S/C10H20N4O2S2/c1-5-7(2)6-12-10-8(9(11)13-17-10)18(15,16)14(3)4/h7,12H,5-6H2,1-4H3,(H2,11,13). The van der Waals surface area contributed by atoms with Gasteiger partial charge in [-0.25, -0.2) is 12.7 Å². The molecule has 3 N–H and O–H groups in total. The number of nitrogens with zero attached hydrogens (tertiary/aromatic N) is 2. The Morgan fingerprint density at radius 3 is 2.61 bits per heavy atom. The van der Waals surface area contributed by atoms with E-state index in [0.29, 0.717) is 17.5 Å². The molecule has 0 aliphatic heterocycles. The van der Waals surface area contributed by atoms with E-state index in [1.807, 2.05) is 0 Å². The summed E-state index contributed by atoms with van der Waals surface area (Å²) in [6, 6.07) is 0. The topological polar surface area (TPSA) is 88.3 Å². The van der Waals surface area contributed by atoms with Crippen molar-refractivity contribution in [3.8, 4) is 0 Å². The van der Waals surface area contributed by atoms with E-state index in [2.05, 4.69) is 23.5 Å². The van der Waals surface area contributed by atoms with Gasteiger partial charge in [-0.05, 0) is 17.5 Å². The molecule has 8 heteroatoms. The molecule has 0 radical (unpaired) electrons. The molecular formula is C10H20N4O2S2. The largest absolute Gasteiger partial charge is 0.382 e. The second kappa shape index (κ2) is 5.85. The maximum absolute atomic E-state index is 12.1. The molecule has 1 rings (SSSR count). The quantitative estimate of drug-likeness (QED) is 0.828. The van der Waals surface area contributed by atoms with Gasteiger partial charge >= 0.3 is 0 Å². The third kappa shape index (κ3) is 3.12. The van der Waals surface area contributed by atoms with Gasteiger partial charge in [0.05, 0.1) is 0 Å². The van der Waals surface area contributed by atoms with E-state index in [1.165, 1.54) is 14.1 Å². The second-order valence-corrected chi connectivity index (χ2v) is 7.27. The molecule has 1 aromatic rings. The number of nitrogen functional groups attached to an aromatic ring is 1. The van der Waals surface area contributed by atoms with Crippen LogP contribution in [0.1, 0.15) is 20.3 Å². The van der Waals surface area contributed by atoms with Gasteiger partial charge in [-0.1, -0.05) is 20.3 Å².